The molecule has 0 spiro atoms. The molecule has 0 aromatic carbocycles. The zero-order chi connectivity index (χ0) is 9.90. The lowest BCUT2D eigenvalue weighted by Crippen LogP contribution is -2.52. The van der Waals surface area contributed by atoms with Gasteiger partial charge in [-0.1, -0.05) is 20.8 Å². The van der Waals surface area contributed by atoms with Crippen LogP contribution in [0.1, 0.15) is 20.8 Å². The fourth-order valence-electron chi connectivity index (χ4n) is 1.31. The van der Waals surface area contributed by atoms with Gasteiger partial charge in [0.15, 0.2) is 0 Å². The van der Waals surface area contributed by atoms with Crippen LogP contribution in [0.25, 0.3) is 0 Å². The van der Waals surface area contributed by atoms with E-state index in [1.165, 1.54) is 13.1 Å². The van der Waals surface area contributed by atoms with Crippen molar-refractivity contribution in [2.24, 2.45) is 5.41 Å². The molecular formula is C10H23N3. The standard InChI is InChI=1S/C10H23N3/c1-10(2,3)9-11-13-7-5-12(4)6-8-13/h11H,5-9H2,1-4H3. The monoisotopic (exact) mass is 185 g/mol. The Labute approximate surface area is 82.1 Å². The van der Waals surface area contributed by atoms with E-state index >= 15 is 0 Å². The van der Waals surface area contributed by atoms with E-state index in [1.807, 2.05) is 0 Å². The maximum atomic E-state index is 3.49. The molecular weight excluding hydrogens is 162 g/mol. The van der Waals surface area contributed by atoms with Crippen molar-refractivity contribution >= 4 is 0 Å². The summed E-state index contributed by atoms with van der Waals surface area (Å²) in [5.41, 5.74) is 3.87. The highest BCUT2D eigenvalue weighted by Crippen LogP contribution is 2.10. The molecule has 0 saturated carbocycles. The normalized spacial score (nSPS) is 22.2. The van der Waals surface area contributed by atoms with Gasteiger partial charge in [-0.05, 0) is 12.5 Å². The van der Waals surface area contributed by atoms with E-state index in [4.69, 9.17) is 0 Å². The predicted octanol–water partition coefficient (Wildman–Crippen LogP) is 0.784. The van der Waals surface area contributed by atoms with Crippen LogP contribution in [0.3, 0.4) is 0 Å². The minimum atomic E-state index is 0.378. The fourth-order valence-corrected chi connectivity index (χ4v) is 1.31. The van der Waals surface area contributed by atoms with Crippen LogP contribution in [0, 0.1) is 5.41 Å². The number of nitrogens with zero attached hydrogens (tertiary/aromatic N) is 2. The third kappa shape index (κ3) is 4.60. The smallest absolute Gasteiger partial charge is 0.0259 e. The van der Waals surface area contributed by atoms with Crippen LogP contribution < -0.4 is 5.43 Å². The highest BCUT2D eigenvalue weighted by Gasteiger charge is 2.16. The van der Waals surface area contributed by atoms with E-state index in [2.05, 4.69) is 43.2 Å². The number of rotatable bonds is 2. The van der Waals surface area contributed by atoms with E-state index in [9.17, 15) is 0 Å². The molecule has 1 aliphatic heterocycles. The number of hydrogen-bond acceptors (Lipinski definition) is 3. The largest absolute Gasteiger partial charge is 0.304 e. The van der Waals surface area contributed by atoms with Crippen molar-refractivity contribution in [1.82, 2.24) is 15.3 Å². The lowest BCUT2D eigenvalue weighted by molar-refractivity contribution is 0.0905. The van der Waals surface area contributed by atoms with Gasteiger partial charge in [-0.2, -0.15) is 0 Å². The molecule has 0 bridgehead atoms. The molecule has 1 aliphatic rings. The number of hydrazine groups is 1. The molecule has 0 radical (unpaired) electrons. The van der Waals surface area contributed by atoms with Gasteiger partial charge < -0.3 is 4.90 Å². The third-order valence-corrected chi connectivity index (χ3v) is 2.34. The van der Waals surface area contributed by atoms with Gasteiger partial charge in [-0.15, -0.1) is 0 Å². The van der Waals surface area contributed by atoms with E-state index in [1.54, 1.807) is 0 Å². The van der Waals surface area contributed by atoms with Gasteiger partial charge in [0.25, 0.3) is 0 Å². The number of piperazine rings is 1. The zero-order valence-corrected chi connectivity index (χ0v) is 9.43. The first-order valence-electron chi connectivity index (χ1n) is 5.14. The highest BCUT2D eigenvalue weighted by molar-refractivity contribution is 4.69. The molecule has 78 valence electrons. The second kappa shape index (κ2) is 4.40. The third-order valence-electron chi connectivity index (χ3n) is 2.34. The van der Waals surface area contributed by atoms with Gasteiger partial charge in [0.1, 0.15) is 0 Å². The van der Waals surface area contributed by atoms with Crippen LogP contribution in [-0.4, -0.2) is 49.7 Å². The first-order chi connectivity index (χ1) is 5.97. The number of nitrogens with one attached hydrogen (secondary N) is 1. The first kappa shape index (κ1) is 11.0. The molecule has 0 amide bonds. The molecule has 1 fully saturated rings. The van der Waals surface area contributed by atoms with Gasteiger partial charge in [0.2, 0.25) is 0 Å². The Hall–Kier alpha value is -0.120. The van der Waals surface area contributed by atoms with Gasteiger partial charge in [-0.3, -0.25) is 5.43 Å². The molecule has 0 atom stereocenters. The second-order valence-corrected chi connectivity index (χ2v) is 5.19. The molecule has 0 unspecified atom stereocenters. The predicted molar refractivity (Wildman–Crippen MR) is 56.5 cm³/mol. The van der Waals surface area contributed by atoms with Crippen LogP contribution >= 0.6 is 0 Å². The van der Waals surface area contributed by atoms with Crippen molar-refractivity contribution in [1.29, 1.82) is 0 Å². The van der Waals surface area contributed by atoms with Gasteiger partial charge >= 0.3 is 0 Å². The fraction of sp³-hybridized carbons (Fsp3) is 1.00. The number of likely N-dealkylation sites (N-methyl/N-ethyl adjacent to an activating group) is 1. The summed E-state index contributed by atoms with van der Waals surface area (Å²) in [4.78, 5) is 2.37. The summed E-state index contributed by atoms with van der Waals surface area (Å²) in [6.45, 7) is 12.5. The summed E-state index contributed by atoms with van der Waals surface area (Å²) in [7, 11) is 2.18. The van der Waals surface area contributed by atoms with Gasteiger partial charge in [0.05, 0.1) is 0 Å². The molecule has 1 heterocycles. The summed E-state index contributed by atoms with van der Waals surface area (Å²) in [6.07, 6.45) is 0. The molecule has 1 rings (SSSR count). The van der Waals surface area contributed by atoms with Crippen LogP contribution in [0.4, 0.5) is 0 Å². The van der Waals surface area contributed by atoms with E-state index in [0.29, 0.717) is 5.41 Å². The quantitative estimate of drug-likeness (QED) is 0.686. The topological polar surface area (TPSA) is 18.5 Å². The van der Waals surface area contributed by atoms with E-state index in [0.717, 1.165) is 19.6 Å². The molecule has 3 heteroatoms. The lowest BCUT2D eigenvalue weighted by Gasteiger charge is -2.34. The zero-order valence-electron chi connectivity index (χ0n) is 9.43. The summed E-state index contributed by atoms with van der Waals surface area (Å²) in [5, 5.41) is 2.34. The van der Waals surface area contributed by atoms with Crippen molar-refractivity contribution in [3.05, 3.63) is 0 Å². The molecule has 1 N–H and O–H groups in total. The van der Waals surface area contributed by atoms with Crippen LogP contribution in [-0.2, 0) is 0 Å². The number of hydrogen-bond donors (Lipinski definition) is 1. The second-order valence-electron chi connectivity index (χ2n) is 5.19. The maximum absolute atomic E-state index is 3.49. The van der Waals surface area contributed by atoms with Crippen LogP contribution in [0.2, 0.25) is 0 Å². The van der Waals surface area contributed by atoms with E-state index in [-0.39, 0.29) is 0 Å². The Balaban J connectivity index is 2.16. The molecule has 3 nitrogen and oxygen atoms in total. The maximum Gasteiger partial charge on any atom is 0.0259 e. The Kier molecular flexibility index (Phi) is 3.71. The molecule has 0 aromatic rings. The van der Waals surface area contributed by atoms with Crippen LogP contribution in [0.15, 0.2) is 0 Å². The van der Waals surface area contributed by atoms with Crippen LogP contribution in [0.5, 0.6) is 0 Å². The minimum Gasteiger partial charge on any atom is -0.304 e. The summed E-state index contributed by atoms with van der Waals surface area (Å²) < 4.78 is 0. The van der Waals surface area contributed by atoms with Crippen molar-refractivity contribution < 1.29 is 0 Å². The Morgan fingerprint density at radius 3 is 2.08 bits per heavy atom. The summed E-state index contributed by atoms with van der Waals surface area (Å²) in [6, 6.07) is 0. The van der Waals surface area contributed by atoms with Gasteiger partial charge in [0, 0.05) is 32.7 Å². The summed E-state index contributed by atoms with van der Waals surface area (Å²) >= 11 is 0. The lowest BCUT2D eigenvalue weighted by atomic mass is 9.97. The molecule has 13 heavy (non-hydrogen) atoms. The SMILES string of the molecule is CN1CCN(NCC(C)(C)C)CC1. The highest BCUT2D eigenvalue weighted by atomic mass is 15.5. The molecule has 0 aromatic heterocycles. The Morgan fingerprint density at radius 2 is 1.62 bits per heavy atom. The average molecular weight is 185 g/mol. The Morgan fingerprint density at radius 1 is 1.08 bits per heavy atom. The summed E-state index contributed by atoms with van der Waals surface area (Å²) in [5.74, 6) is 0. The van der Waals surface area contributed by atoms with Crippen molar-refractivity contribution in [3.8, 4) is 0 Å². The Bertz CT molecular complexity index is 143. The average Bonchev–Trinajstić information content (AvgIpc) is 2.02. The first-order valence-corrected chi connectivity index (χ1v) is 5.14. The van der Waals surface area contributed by atoms with Crippen molar-refractivity contribution in [2.45, 2.75) is 20.8 Å². The molecule has 0 aliphatic carbocycles. The van der Waals surface area contributed by atoms with Gasteiger partial charge in [-0.25, -0.2) is 5.01 Å². The van der Waals surface area contributed by atoms with E-state index < -0.39 is 0 Å². The minimum absolute atomic E-state index is 0.378. The molecule has 1 saturated heterocycles. The van der Waals surface area contributed by atoms with Crippen molar-refractivity contribution in [2.75, 3.05) is 39.8 Å². The van der Waals surface area contributed by atoms with Crippen molar-refractivity contribution in [3.63, 3.8) is 0 Å².